The van der Waals surface area contributed by atoms with Gasteiger partial charge in [-0.2, -0.15) is 0 Å². The summed E-state index contributed by atoms with van der Waals surface area (Å²) in [6.07, 6.45) is 3.00. The molecule has 16 heavy (non-hydrogen) atoms. The van der Waals surface area contributed by atoms with E-state index in [1.807, 2.05) is 18.2 Å². The molecular weight excluding hydrogens is 222 g/mol. The highest BCUT2D eigenvalue weighted by atomic mass is 35.5. The normalized spacial score (nSPS) is 10.6. The number of rotatable bonds is 4. The molecule has 0 amide bonds. The van der Waals surface area contributed by atoms with E-state index in [4.69, 9.17) is 17.0 Å². The predicted octanol–water partition coefficient (Wildman–Crippen LogP) is 2.63. The second kappa shape index (κ2) is 5.05. The van der Waals surface area contributed by atoms with E-state index in [9.17, 15) is 0 Å². The number of halogens is 1. The van der Waals surface area contributed by atoms with Crippen LogP contribution in [0, 0.1) is 5.41 Å². The van der Waals surface area contributed by atoms with Crippen molar-refractivity contribution in [2.24, 2.45) is 0 Å². The fourth-order valence-corrected chi connectivity index (χ4v) is 1.72. The summed E-state index contributed by atoms with van der Waals surface area (Å²) in [5.74, 6) is 0. The maximum Gasteiger partial charge on any atom is 0.0703 e. The summed E-state index contributed by atoms with van der Waals surface area (Å²) in [6.45, 7) is 1.34. The van der Waals surface area contributed by atoms with Crippen molar-refractivity contribution in [2.45, 2.75) is 6.54 Å². The lowest BCUT2D eigenvalue weighted by Crippen LogP contribution is -2.15. The number of pyridine rings is 1. The first-order chi connectivity index (χ1) is 7.79. The standard InChI is InChI=1S/C12H12ClN3/c13-11-6-10-5-9(7-15-4-3-14)1-2-12(10)16-8-11/h1-3,5-6,8,14-15H,4,7H2. The van der Waals surface area contributed by atoms with Crippen LogP contribution in [0.2, 0.25) is 5.02 Å². The second-order valence-corrected chi connectivity index (χ2v) is 3.95. The molecule has 0 aliphatic rings. The SMILES string of the molecule is N=CCNCc1ccc2ncc(Cl)cc2c1. The van der Waals surface area contributed by atoms with Crippen LogP contribution < -0.4 is 5.32 Å². The zero-order valence-electron chi connectivity index (χ0n) is 8.70. The molecule has 1 aromatic heterocycles. The molecule has 82 valence electrons. The van der Waals surface area contributed by atoms with Crippen LogP contribution in [0.15, 0.2) is 30.5 Å². The van der Waals surface area contributed by atoms with E-state index < -0.39 is 0 Å². The van der Waals surface area contributed by atoms with Gasteiger partial charge in [-0.25, -0.2) is 0 Å². The Balaban J connectivity index is 2.24. The summed E-state index contributed by atoms with van der Waals surface area (Å²) < 4.78 is 0. The molecule has 0 spiro atoms. The van der Waals surface area contributed by atoms with Gasteiger partial charge in [0.2, 0.25) is 0 Å². The lowest BCUT2D eigenvalue weighted by Gasteiger charge is -2.04. The number of hydrogen-bond donors (Lipinski definition) is 2. The van der Waals surface area contributed by atoms with Crippen LogP contribution in [0.1, 0.15) is 5.56 Å². The lowest BCUT2D eigenvalue weighted by molar-refractivity contribution is 0.781. The van der Waals surface area contributed by atoms with Crippen LogP contribution in [0.5, 0.6) is 0 Å². The number of hydrogen-bond acceptors (Lipinski definition) is 3. The minimum absolute atomic E-state index is 0.589. The van der Waals surface area contributed by atoms with Crippen LogP contribution in [0.3, 0.4) is 0 Å². The molecule has 1 aromatic carbocycles. The number of aromatic nitrogens is 1. The molecular formula is C12H12ClN3. The number of nitrogens with one attached hydrogen (secondary N) is 2. The van der Waals surface area contributed by atoms with Gasteiger partial charge in [-0.15, -0.1) is 0 Å². The third kappa shape index (κ3) is 2.56. The third-order valence-corrected chi connectivity index (χ3v) is 2.49. The fraction of sp³-hybridized carbons (Fsp3) is 0.167. The van der Waals surface area contributed by atoms with Crippen LogP contribution >= 0.6 is 11.6 Å². The minimum atomic E-state index is 0.589. The number of fused-ring (bicyclic) bond motifs is 1. The molecule has 0 saturated heterocycles. The molecule has 0 saturated carbocycles. The molecule has 2 rings (SSSR count). The highest BCUT2D eigenvalue weighted by molar-refractivity contribution is 6.31. The van der Waals surface area contributed by atoms with Crippen LogP contribution in [0.4, 0.5) is 0 Å². The molecule has 0 radical (unpaired) electrons. The van der Waals surface area contributed by atoms with Crippen molar-refractivity contribution < 1.29 is 0 Å². The minimum Gasteiger partial charge on any atom is -0.312 e. The van der Waals surface area contributed by atoms with Gasteiger partial charge < -0.3 is 10.7 Å². The van der Waals surface area contributed by atoms with Crippen molar-refractivity contribution in [3.63, 3.8) is 0 Å². The largest absolute Gasteiger partial charge is 0.312 e. The highest BCUT2D eigenvalue weighted by Gasteiger charge is 1.98. The number of benzene rings is 1. The molecule has 0 aliphatic heterocycles. The maximum absolute atomic E-state index is 6.91. The Morgan fingerprint density at radius 1 is 1.38 bits per heavy atom. The molecule has 2 aromatic rings. The Labute approximate surface area is 99.0 Å². The van der Waals surface area contributed by atoms with Gasteiger partial charge in [0.05, 0.1) is 10.5 Å². The summed E-state index contributed by atoms with van der Waals surface area (Å²) in [4.78, 5) is 4.23. The molecule has 1 heterocycles. The molecule has 2 N–H and O–H groups in total. The summed E-state index contributed by atoms with van der Waals surface area (Å²) in [5, 5.41) is 11.7. The Bertz CT molecular complexity index is 511. The molecule has 0 bridgehead atoms. The van der Waals surface area contributed by atoms with E-state index in [1.54, 1.807) is 6.20 Å². The summed E-state index contributed by atoms with van der Waals surface area (Å²) >= 11 is 5.89. The smallest absolute Gasteiger partial charge is 0.0703 e. The van der Waals surface area contributed by atoms with E-state index >= 15 is 0 Å². The zero-order chi connectivity index (χ0) is 11.4. The van der Waals surface area contributed by atoms with E-state index in [-0.39, 0.29) is 0 Å². The molecule has 0 atom stereocenters. The topological polar surface area (TPSA) is 48.8 Å². The van der Waals surface area contributed by atoms with Gasteiger partial charge in [-0.3, -0.25) is 4.98 Å². The maximum atomic E-state index is 6.91. The second-order valence-electron chi connectivity index (χ2n) is 3.52. The van der Waals surface area contributed by atoms with Crippen molar-refractivity contribution in [1.82, 2.24) is 10.3 Å². The van der Waals surface area contributed by atoms with Gasteiger partial charge >= 0.3 is 0 Å². The average molecular weight is 234 g/mol. The van der Waals surface area contributed by atoms with E-state index in [0.29, 0.717) is 11.6 Å². The van der Waals surface area contributed by atoms with Crippen molar-refractivity contribution >= 4 is 28.7 Å². The van der Waals surface area contributed by atoms with Crippen molar-refractivity contribution in [3.8, 4) is 0 Å². The van der Waals surface area contributed by atoms with Gasteiger partial charge in [0, 0.05) is 30.9 Å². The number of nitrogens with zero attached hydrogens (tertiary/aromatic N) is 1. The summed E-state index contributed by atoms with van der Waals surface area (Å²) in [5.41, 5.74) is 2.11. The van der Waals surface area contributed by atoms with Crippen LogP contribution in [-0.2, 0) is 6.54 Å². The predicted molar refractivity (Wildman–Crippen MR) is 67.2 cm³/mol. The monoisotopic (exact) mass is 233 g/mol. The van der Waals surface area contributed by atoms with Gasteiger partial charge in [0.1, 0.15) is 0 Å². The molecule has 0 aliphatic carbocycles. The van der Waals surface area contributed by atoms with E-state index in [1.165, 1.54) is 11.8 Å². The molecule has 3 nitrogen and oxygen atoms in total. The van der Waals surface area contributed by atoms with E-state index in [2.05, 4.69) is 16.4 Å². The molecule has 4 heteroatoms. The first-order valence-electron chi connectivity index (χ1n) is 5.03. The Hall–Kier alpha value is -1.45. The highest BCUT2D eigenvalue weighted by Crippen LogP contribution is 2.18. The lowest BCUT2D eigenvalue weighted by atomic mass is 10.1. The Morgan fingerprint density at radius 3 is 3.06 bits per heavy atom. The van der Waals surface area contributed by atoms with Crippen LogP contribution in [0.25, 0.3) is 10.9 Å². The molecule has 0 unspecified atom stereocenters. The average Bonchev–Trinajstić information content (AvgIpc) is 2.29. The Morgan fingerprint density at radius 2 is 2.25 bits per heavy atom. The fourth-order valence-electron chi connectivity index (χ4n) is 1.55. The van der Waals surface area contributed by atoms with Crippen molar-refractivity contribution in [3.05, 3.63) is 41.0 Å². The Kier molecular flexibility index (Phi) is 3.49. The first kappa shape index (κ1) is 11.0. The molecule has 0 fully saturated rings. The first-order valence-corrected chi connectivity index (χ1v) is 5.41. The van der Waals surface area contributed by atoms with Gasteiger partial charge in [0.25, 0.3) is 0 Å². The quantitative estimate of drug-likeness (QED) is 0.630. The summed E-state index contributed by atoms with van der Waals surface area (Å²) in [6, 6.07) is 7.97. The van der Waals surface area contributed by atoms with Gasteiger partial charge in [-0.05, 0) is 23.8 Å². The third-order valence-electron chi connectivity index (χ3n) is 2.29. The van der Waals surface area contributed by atoms with E-state index in [0.717, 1.165) is 17.4 Å². The van der Waals surface area contributed by atoms with Gasteiger partial charge in [-0.1, -0.05) is 17.7 Å². The zero-order valence-corrected chi connectivity index (χ0v) is 9.46. The summed E-state index contributed by atoms with van der Waals surface area (Å²) in [7, 11) is 0. The van der Waals surface area contributed by atoms with Crippen molar-refractivity contribution in [1.29, 1.82) is 5.41 Å². The van der Waals surface area contributed by atoms with Crippen molar-refractivity contribution in [2.75, 3.05) is 6.54 Å². The van der Waals surface area contributed by atoms with Crippen LogP contribution in [-0.4, -0.2) is 17.7 Å². The van der Waals surface area contributed by atoms with Gasteiger partial charge in [0.15, 0.2) is 0 Å².